The van der Waals surface area contributed by atoms with Crippen molar-refractivity contribution in [1.82, 2.24) is 15.5 Å². The maximum absolute atomic E-state index is 14.4. The Morgan fingerprint density at radius 2 is 1.54 bits per heavy atom. The molecule has 0 aliphatic heterocycles. The van der Waals surface area contributed by atoms with Crippen LogP contribution in [0.25, 0.3) is 0 Å². The van der Waals surface area contributed by atoms with Gasteiger partial charge in [-0.1, -0.05) is 83.1 Å². The Hall–Kier alpha value is -2.57. The van der Waals surface area contributed by atoms with Crippen molar-refractivity contribution in [1.29, 1.82) is 0 Å². The summed E-state index contributed by atoms with van der Waals surface area (Å²) in [6.45, 7) is 19.8. The molecule has 0 heterocycles. The second-order valence-electron chi connectivity index (χ2n) is 12.2. The molecule has 0 saturated heterocycles. The lowest BCUT2D eigenvalue weighted by molar-refractivity contribution is -0.143. The first-order valence-electron chi connectivity index (χ1n) is 14.9. The second-order valence-corrected chi connectivity index (χ2v) is 12.2. The molecule has 1 aromatic carbocycles. The number of unbranched alkanes of at least 4 members (excludes halogenated alkanes) is 5. The van der Waals surface area contributed by atoms with Gasteiger partial charge in [-0.15, -0.1) is 0 Å². The third kappa shape index (κ3) is 12.0. The topological polar surface area (TPSA) is 87.7 Å². The molecule has 3 atom stereocenters. The summed E-state index contributed by atoms with van der Waals surface area (Å²) in [5.74, 6) is -0.617. The number of carbonyl (C=O) groups is 3. The van der Waals surface area contributed by atoms with Gasteiger partial charge in [-0.25, -0.2) is 4.79 Å². The summed E-state index contributed by atoms with van der Waals surface area (Å²) in [6, 6.07) is 4.28. The maximum atomic E-state index is 14.4. The lowest BCUT2D eigenvalue weighted by atomic mass is 9.93. The van der Waals surface area contributed by atoms with Gasteiger partial charge in [0.2, 0.25) is 11.8 Å². The van der Waals surface area contributed by atoms with Crippen molar-refractivity contribution in [2.45, 2.75) is 138 Å². The van der Waals surface area contributed by atoms with Crippen LogP contribution >= 0.6 is 0 Å². The average molecular weight is 546 g/mol. The number of rotatable bonds is 15. The zero-order valence-corrected chi connectivity index (χ0v) is 26.3. The molecule has 3 unspecified atom stereocenters. The molecule has 1 rings (SSSR count). The number of nitrogens with one attached hydrogen (secondary N) is 2. The highest BCUT2D eigenvalue weighted by Crippen LogP contribution is 2.28. The van der Waals surface area contributed by atoms with E-state index in [0.29, 0.717) is 13.0 Å². The molecule has 222 valence electrons. The molecule has 0 bridgehead atoms. The molecule has 0 spiro atoms. The van der Waals surface area contributed by atoms with Gasteiger partial charge in [-0.05, 0) is 71.9 Å². The maximum Gasteiger partial charge on any atom is 0.408 e. The molecular formula is C32H55N3O4. The highest BCUT2D eigenvalue weighted by Gasteiger charge is 2.38. The fraction of sp³-hybridized carbons (Fsp3) is 0.719. The first kappa shape index (κ1) is 34.5. The van der Waals surface area contributed by atoms with Crippen molar-refractivity contribution >= 4 is 17.9 Å². The lowest BCUT2D eigenvalue weighted by Crippen LogP contribution is -2.55. The Bertz CT molecular complexity index is 922. The normalized spacial score (nSPS) is 13.9. The van der Waals surface area contributed by atoms with Crippen LogP contribution in [-0.4, -0.2) is 47.0 Å². The Morgan fingerprint density at radius 1 is 0.923 bits per heavy atom. The van der Waals surface area contributed by atoms with E-state index in [1.807, 2.05) is 59.7 Å². The largest absolute Gasteiger partial charge is 0.444 e. The zero-order chi connectivity index (χ0) is 29.8. The van der Waals surface area contributed by atoms with Crippen LogP contribution in [0.15, 0.2) is 18.2 Å². The van der Waals surface area contributed by atoms with E-state index in [0.717, 1.165) is 42.4 Å². The van der Waals surface area contributed by atoms with Crippen LogP contribution in [0.5, 0.6) is 0 Å². The number of nitrogens with zero attached hydrogens (tertiary/aromatic N) is 1. The number of hydrogen-bond donors (Lipinski definition) is 2. The number of benzene rings is 1. The number of aryl methyl sites for hydroxylation is 2. The summed E-state index contributed by atoms with van der Waals surface area (Å²) in [4.78, 5) is 42.6. The summed E-state index contributed by atoms with van der Waals surface area (Å²) >= 11 is 0. The van der Waals surface area contributed by atoms with Crippen molar-refractivity contribution in [3.63, 3.8) is 0 Å². The Balaban J connectivity index is 3.52. The lowest BCUT2D eigenvalue weighted by Gasteiger charge is -2.37. The van der Waals surface area contributed by atoms with Gasteiger partial charge in [0.25, 0.3) is 0 Å². The second kappa shape index (κ2) is 16.5. The summed E-state index contributed by atoms with van der Waals surface area (Å²) in [5, 5.41) is 5.89. The van der Waals surface area contributed by atoms with Crippen molar-refractivity contribution in [2.75, 3.05) is 6.54 Å². The third-order valence-electron chi connectivity index (χ3n) is 6.90. The van der Waals surface area contributed by atoms with Crippen molar-refractivity contribution < 1.29 is 19.1 Å². The molecule has 0 fully saturated rings. The van der Waals surface area contributed by atoms with E-state index in [2.05, 4.69) is 17.6 Å². The number of ether oxygens (including phenoxy) is 1. The Labute approximate surface area is 237 Å². The Kier molecular flexibility index (Phi) is 14.6. The molecule has 2 N–H and O–H groups in total. The number of hydrogen-bond acceptors (Lipinski definition) is 4. The van der Waals surface area contributed by atoms with Gasteiger partial charge in [-0.2, -0.15) is 0 Å². The molecule has 0 aromatic heterocycles. The summed E-state index contributed by atoms with van der Waals surface area (Å²) in [7, 11) is 0. The summed E-state index contributed by atoms with van der Waals surface area (Å²) < 4.78 is 5.51. The number of alkyl carbamates (subject to hydrolysis) is 1. The molecule has 7 nitrogen and oxygen atoms in total. The first-order chi connectivity index (χ1) is 18.2. The highest BCUT2D eigenvalue weighted by molar-refractivity contribution is 5.92. The average Bonchev–Trinajstić information content (AvgIpc) is 2.82. The van der Waals surface area contributed by atoms with Crippen LogP contribution < -0.4 is 10.6 Å². The van der Waals surface area contributed by atoms with Crippen molar-refractivity contribution in [2.24, 2.45) is 5.92 Å². The predicted molar refractivity (Wildman–Crippen MR) is 160 cm³/mol. The third-order valence-corrected chi connectivity index (χ3v) is 6.90. The van der Waals surface area contributed by atoms with E-state index in [1.54, 1.807) is 25.7 Å². The minimum Gasteiger partial charge on any atom is -0.444 e. The van der Waals surface area contributed by atoms with Crippen LogP contribution in [0.3, 0.4) is 0 Å². The van der Waals surface area contributed by atoms with Gasteiger partial charge in [-0.3, -0.25) is 9.59 Å². The van der Waals surface area contributed by atoms with Crippen LogP contribution in [-0.2, 0) is 14.3 Å². The van der Waals surface area contributed by atoms with Gasteiger partial charge in [0.1, 0.15) is 17.7 Å². The van der Waals surface area contributed by atoms with Crippen LogP contribution in [0.2, 0.25) is 0 Å². The van der Waals surface area contributed by atoms with E-state index in [-0.39, 0.29) is 23.8 Å². The molecule has 3 amide bonds. The molecule has 0 aliphatic carbocycles. The van der Waals surface area contributed by atoms with E-state index in [4.69, 9.17) is 4.74 Å². The van der Waals surface area contributed by atoms with Crippen molar-refractivity contribution in [3.05, 3.63) is 34.9 Å². The highest BCUT2D eigenvalue weighted by atomic mass is 16.6. The van der Waals surface area contributed by atoms with E-state index in [1.165, 1.54) is 12.8 Å². The molecule has 0 aliphatic rings. The van der Waals surface area contributed by atoms with Crippen LogP contribution in [0, 0.1) is 19.8 Å². The van der Waals surface area contributed by atoms with Gasteiger partial charge in [0, 0.05) is 12.6 Å². The molecule has 39 heavy (non-hydrogen) atoms. The smallest absolute Gasteiger partial charge is 0.408 e. The zero-order valence-electron chi connectivity index (χ0n) is 26.3. The minimum atomic E-state index is -0.815. The number of amides is 3. The SMILES string of the molecule is CCCCCCCCN(C(=O)C(NC(=O)OC(C)(C)C)C(C)CC)C(C(=O)NC(C)C)c1ccc(C)cc1C. The number of carbonyl (C=O) groups excluding carboxylic acids is 3. The monoisotopic (exact) mass is 545 g/mol. The van der Waals surface area contributed by atoms with E-state index < -0.39 is 23.8 Å². The quantitative estimate of drug-likeness (QED) is 0.232. The molecule has 0 saturated carbocycles. The molecule has 1 aromatic rings. The standard InChI is InChI=1S/C32H55N3O4/c1-11-13-14-15-16-17-20-35(30(37)27(24(6)12-2)34-31(38)39-32(8,9)10)28(29(36)33-22(3)4)26-19-18-23(5)21-25(26)7/h18-19,21-22,24,27-28H,11-17,20H2,1-10H3,(H,33,36)(H,34,38). The van der Waals surface area contributed by atoms with Gasteiger partial charge < -0.3 is 20.3 Å². The predicted octanol–water partition coefficient (Wildman–Crippen LogP) is 7.00. The van der Waals surface area contributed by atoms with Crippen LogP contribution in [0.4, 0.5) is 4.79 Å². The van der Waals surface area contributed by atoms with Crippen LogP contribution in [0.1, 0.15) is 123 Å². The Morgan fingerprint density at radius 3 is 2.08 bits per heavy atom. The fourth-order valence-electron chi connectivity index (χ4n) is 4.67. The van der Waals surface area contributed by atoms with E-state index in [9.17, 15) is 14.4 Å². The molecular weight excluding hydrogens is 490 g/mol. The van der Waals surface area contributed by atoms with E-state index >= 15 is 0 Å². The molecule has 0 radical (unpaired) electrons. The minimum absolute atomic E-state index is 0.0815. The molecule has 7 heteroatoms. The summed E-state index contributed by atoms with van der Waals surface area (Å²) in [6.07, 6.45) is 6.43. The van der Waals surface area contributed by atoms with Gasteiger partial charge in [0.15, 0.2) is 0 Å². The fourth-order valence-corrected chi connectivity index (χ4v) is 4.67. The first-order valence-corrected chi connectivity index (χ1v) is 14.9. The van der Waals surface area contributed by atoms with Gasteiger partial charge in [0.05, 0.1) is 0 Å². The van der Waals surface area contributed by atoms with Gasteiger partial charge >= 0.3 is 6.09 Å². The van der Waals surface area contributed by atoms with Crippen molar-refractivity contribution in [3.8, 4) is 0 Å². The summed E-state index contributed by atoms with van der Waals surface area (Å²) in [5.41, 5.74) is 2.17.